The monoisotopic (exact) mass is 362 g/mol. The molecule has 0 saturated carbocycles. The van der Waals surface area contributed by atoms with Crippen LogP contribution < -0.4 is 4.90 Å². The largest absolute Gasteiger partial charge is 0.386 e. The van der Waals surface area contributed by atoms with E-state index in [0.717, 1.165) is 3.57 Å². The van der Waals surface area contributed by atoms with Crippen molar-refractivity contribution in [1.82, 2.24) is 0 Å². The fourth-order valence-electron chi connectivity index (χ4n) is 2.06. The summed E-state index contributed by atoms with van der Waals surface area (Å²) in [6, 6.07) is 5.15. The zero-order chi connectivity index (χ0) is 13.5. The second-order valence-electron chi connectivity index (χ2n) is 5.00. The van der Waals surface area contributed by atoms with Gasteiger partial charge in [-0.05, 0) is 40.6 Å². The van der Waals surface area contributed by atoms with Gasteiger partial charge in [0.25, 0.3) is 5.69 Å². The summed E-state index contributed by atoms with van der Waals surface area (Å²) in [6.45, 7) is 4.82. The molecule has 1 saturated heterocycles. The molecule has 1 N–H and O–H groups in total. The Kier molecular flexibility index (Phi) is 3.50. The van der Waals surface area contributed by atoms with Crippen molar-refractivity contribution >= 4 is 34.0 Å². The molecule has 5 nitrogen and oxygen atoms in total. The molecule has 0 atom stereocenters. The second-order valence-corrected chi connectivity index (χ2v) is 6.25. The van der Waals surface area contributed by atoms with Gasteiger partial charge >= 0.3 is 0 Å². The van der Waals surface area contributed by atoms with Gasteiger partial charge in [-0.2, -0.15) is 0 Å². The van der Waals surface area contributed by atoms with Gasteiger partial charge in [0.15, 0.2) is 0 Å². The fourth-order valence-corrected chi connectivity index (χ4v) is 2.54. The first-order chi connectivity index (χ1) is 8.33. The number of hydrogen-bond donors (Lipinski definition) is 1. The Labute approximate surface area is 119 Å². The molecular formula is C12H15IN2O3. The number of hydrogen-bond acceptors (Lipinski definition) is 4. The fraction of sp³-hybridized carbons (Fsp3) is 0.500. The Morgan fingerprint density at radius 2 is 2.11 bits per heavy atom. The smallest absolute Gasteiger partial charge is 0.293 e. The van der Waals surface area contributed by atoms with E-state index in [0.29, 0.717) is 18.8 Å². The van der Waals surface area contributed by atoms with Gasteiger partial charge in [-0.25, -0.2) is 0 Å². The zero-order valence-electron chi connectivity index (χ0n) is 10.3. The first-order valence-electron chi connectivity index (χ1n) is 5.75. The van der Waals surface area contributed by atoms with Crippen LogP contribution in [0.2, 0.25) is 0 Å². The number of halogens is 1. The highest BCUT2D eigenvalue weighted by Crippen LogP contribution is 2.38. The van der Waals surface area contributed by atoms with Crippen molar-refractivity contribution in [3.8, 4) is 0 Å². The molecule has 6 heteroatoms. The lowest BCUT2D eigenvalue weighted by atomic mass is 9.82. The molecule has 0 bridgehead atoms. The van der Waals surface area contributed by atoms with E-state index in [-0.39, 0.29) is 16.5 Å². The number of nitro groups is 1. The summed E-state index contributed by atoms with van der Waals surface area (Å²) >= 11 is 2.05. The summed E-state index contributed by atoms with van der Waals surface area (Å²) in [5, 5.41) is 21.2. The van der Waals surface area contributed by atoms with E-state index in [4.69, 9.17) is 0 Å². The molecule has 1 aromatic rings. The molecule has 0 radical (unpaired) electrons. The number of β-amino-alcohol motifs (C(OH)–C–C–N with tert-alkyl or cyclic N) is 1. The molecule has 0 spiro atoms. The molecule has 18 heavy (non-hydrogen) atoms. The highest BCUT2D eigenvalue weighted by molar-refractivity contribution is 14.1. The van der Waals surface area contributed by atoms with Crippen LogP contribution in [0.5, 0.6) is 0 Å². The van der Waals surface area contributed by atoms with Crippen LogP contribution in [0.25, 0.3) is 0 Å². The maximum Gasteiger partial charge on any atom is 0.293 e. The molecule has 98 valence electrons. The predicted octanol–water partition coefficient (Wildman–Crippen LogP) is 2.41. The van der Waals surface area contributed by atoms with Gasteiger partial charge < -0.3 is 10.0 Å². The van der Waals surface area contributed by atoms with Gasteiger partial charge in [0.05, 0.1) is 4.92 Å². The van der Waals surface area contributed by atoms with Crippen molar-refractivity contribution in [2.45, 2.75) is 19.4 Å². The SMILES string of the molecule is CC(C)C1(O)CN(c2ccc(I)cc2[N+](=O)[O-])C1. The third-order valence-corrected chi connectivity index (χ3v) is 4.15. The molecule has 0 unspecified atom stereocenters. The van der Waals surface area contributed by atoms with Crippen LogP contribution in [0.4, 0.5) is 11.4 Å². The molecule has 0 aliphatic carbocycles. The van der Waals surface area contributed by atoms with E-state index in [1.54, 1.807) is 12.1 Å². The van der Waals surface area contributed by atoms with Crippen LogP contribution >= 0.6 is 22.6 Å². The molecule has 1 aliphatic rings. The highest BCUT2D eigenvalue weighted by Gasteiger charge is 2.45. The summed E-state index contributed by atoms with van der Waals surface area (Å²) < 4.78 is 0.836. The lowest BCUT2D eigenvalue weighted by molar-refractivity contribution is -0.384. The zero-order valence-corrected chi connectivity index (χ0v) is 12.4. The van der Waals surface area contributed by atoms with Crippen molar-refractivity contribution < 1.29 is 10.0 Å². The number of rotatable bonds is 3. The topological polar surface area (TPSA) is 66.6 Å². The Morgan fingerprint density at radius 3 is 2.61 bits per heavy atom. The first-order valence-corrected chi connectivity index (χ1v) is 6.82. The number of nitrogens with zero attached hydrogens (tertiary/aromatic N) is 2. The van der Waals surface area contributed by atoms with Crippen LogP contribution in [0.3, 0.4) is 0 Å². The number of benzene rings is 1. The van der Waals surface area contributed by atoms with E-state index in [2.05, 4.69) is 22.6 Å². The summed E-state index contributed by atoms with van der Waals surface area (Å²) in [5.41, 5.74) is -0.0323. The molecule has 0 amide bonds. The molecular weight excluding hydrogens is 347 g/mol. The number of anilines is 1. The summed E-state index contributed by atoms with van der Waals surface area (Å²) in [6.07, 6.45) is 0. The van der Waals surface area contributed by atoms with Crippen LogP contribution in [0, 0.1) is 19.6 Å². The molecule has 1 aliphatic heterocycles. The Morgan fingerprint density at radius 1 is 1.50 bits per heavy atom. The number of nitro benzene ring substituents is 1. The van der Waals surface area contributed by atoms with Gasteiger partial charge in [0.1, 0.15) is 11.3 Å². The Bertz CT molecular complexity index is 484. The van der Waals surface area contributed by atoms with E-state index in [9.17, 15) is 15.2 Å². The Balaban J connectivity index is 2.24. The minimum absolute atomic E-state index is 0.104. The highest BCUT2D eigenvalue weighted by atomic mass is 127. The Hall–Kier alpha value is -0.890. The van der Waals surface area contributed by atoms with Crippen LogP contribution in [0.1, 0.15) is 13.8 Å². The van der Waals surface area contributed by atoms with Crippen molar-refractivity contribution in [1.29, 1.82) is 0 Å². The summed E-state index contributed by atoms with van der Waals surface area (Å²) in [5.74, 6) is 0.150. The average Bonchev–Trinajstić information content (AvgIpc) is 2.24. The number of aliphatic hydroxyl groups is 1. The third kappa shape index (κ3) is 2.31. The van der Waals surface area contributed by atoms with Crippen LogP contribution in [0.15, 0.2) is 18.2 Å². The van der Waals surface area contributed by atoms with Crippen molar-refractivity contribution in [2.75, 3.05) is 18.0 Å². The lowest BCUT2D eigenvalue weighted by Gasteiger charge is -2.50. The maximum absolute atomic E-state index is 11.0. The van der Waals surface area contributed by atoms with E-state index in [1.165, 1.54) is 0 Å². The molecule has 0 aromatic heterocycles. The van der Waals surface area contributed by atoms with Gasteiger partial charge in [-0.1, -0.05) is 13.8 Å². The maximum atomic E-state index is 11.0. The van der Waals surface area contributed by atoms with Gasteiger partial charge in [0, 0.05) is 22.7 Å². The third-order valence-electron chi connectivity index (χ3n) is 3.48. The normalized spacial score (nSPS) is 17.7. The summed E-state index contributed by atoms with van der Waals surface area (Å²) in [7, 11) is 0. The van der Waals surface area contributed by atoms with E-state index in [1.807, 2.05) is 24.8 Å². The molecule has 1 heterocycles. The average molecular weight is 362 g/mol. The van der Waals surface area contributed by atoms with Gasteiger partial charge in [-0.15, -0.1) is 0 Å². The van der Waals surface area contributed by atoms with Gasteiger partial charge in [-0.3, -0.25) is 10.1 Å². The van der Waals surface area contributed by atoms with Gasteiger partial charge in [0.2, 0.25) is 0 Å². The summed E-state index contributed by atoms with van der Waals surface area (Å²) in [4.78, 5) is 12.5. The first kappa shape index (κ1) is 13.5. The van der Waals surface area contributed by atoms with Crippen molar-refractivity contribution in [3.63, 3.8) is 0 Å². The van der Waals surface area contributed by atoms with Crippen molar-refractivity contribution in [2.24, 2.45) is 5.92 Å². The lowest BCUT2D eigenvalue weighted by Crippen LogP contribution is -2.64. The minimum Gasteiger partial charge on any atom is -0.386 e. The second kappa shape index (κ2) is 4.65. The molecule has 2 rings (SSSR count). The van der Waals surface area contributed by atoms with Crippen LogP contribution in [-0.2, 0) is 0 Å². The van der Waals surface area contributed by atoms with Crippen LogP contribution in [-0.4, -0.2) is 28.7 Å². The predicted molar refractivity (Wildman–Crippen MR) is 77.8 cm³/mol. The quantitative estimate of drug-likeness (QED) is 0.510. The van der Waals surface area contributed by atoms with E-state index >= 15 is 0 Å². The van der Waals surface area contributed by atoms with Crippen molar-refractivity contribution in [3.05, 3.63) is 31.9 Å². The van der Waals surface area contributed by atoms with E-state index < -0.39 is 5.60 Å². The molecule has 1 aromatic carbocycles. The minimum atomic E-state index is -0.725. The molecule has 1 fully saturated rings. The standard InChI is InChI=1S/C12H15IN2O3/c1-8(2)12(16)6-14(7-12)10-4-3-9(13)5-11(10)15(17)18/h3-5,8,16H,6-7H2,1-2H3.